The number of primary amides is 3. The Kier molecular flexibility index (Phi) is 15.8. The van der Waals surface area contributed by atoms with Crippen molar-refractivity contribution in [2.75, 3.05) is 6.54 Å². The average Bonchev–Trinajstić information content (AvgIpc) is 2.83. The van der Waals surface area contributed by atoms with Gasteiger partial charge < -0.3 is 55.5 Å². The highest BCUT2D eigenvalue weighted by Gasteiger charge is 2.30. The van der Waals surface area contributed by atoms with E-state index in [9.17, 15) is 38.7 Å². The summed E-state index contributed by atoms with van der Waals surface area (Å²) in [7, 11) is 0. The van der Waals surface area contributed by atoms with Gasteiger partial charge >= 0.3 is 5.97 Å². The fourth-order valence-electron chi connectivity index (χ4n) is 3.13. The van der Waals surface area contributed by atoms with E-state index >= 15 is 0 Å². The summed E-state index contributed by atoms with van der Waals surface area (Å²) in [4.78, 5) is 87.2. The molecule has 0 aliphatic carbocycles. The number of carboxylic acids is 1. The number of amides is 6. The Hall–Kier alpha value is -4.48. The number of rotatable bonds is 20. The maximum Gasteiger partial charge on any atom is 0.326 e. The number of aliphatic carboxylic acids is 1. The lowest BCUT2D eigenvalue weighted by atomic mass is 10.0. The summed E-state index contributed by atoms with van der Waals surface area (Å²) >= 11 is 0. The zero-order valence-electron chi connectivity index (χ0n) is 21.4. The first-order chi connectivity index (χ1) is 18.1. The van der Waals surface area contributed by atoms with E-state index in [0.29, 0.717) is 6.42 Å². The van der Waals surface area contributed by atoms with Crippen molar-refractivity contribution in [3.8, 4) is 0 Å². The summed E-state index contributed by atoms with van der Waals surface area (Å²) in [5.74, 6) is -6.67. The highest BCUT2D eigenvalue weighted by molar-refractivity contribution is 5.94. The molecular formula is C21H38N10O8. The second-order valence-electron chi connectivity index (χ2n) is 8.59. The summed E-state index contributed by atoms with van der Waals surface area (Å²) in [6, 6.07) is -5.44. The molecule has 0 fully saturated rings. The SMILES string of the molecule is NC(=O)CCC(NC(=O)C(CCC(N)=O)NC(=O)C(CCC(N)=O)NC(=O)C(N)CCCN=C(N)N)C(=O)O. The zero-order valence-corrected chi connectivity index (χ0v) is 21.4. The summed E-state index contributed by atoms with van der Waals surface area (Å²) in [6.45, 7) is 0.211. The molecule has 18 heteroatoms. The molecule has 39 heavy (non-hydrogen) atoms. The van der Waals surface area contributed by atoms with Gasteiger partial charge in [0.2, 0.25) is 35.4 Å². The van der Waals surface area contributed by atoms with Gasteiger partial charge in [-0.15, -0.1) is 0 Å². The predicted molar refractivity (Wildman–Crippen MR) is 137 cm³/mol. The highest BCUT2D eigenvalue weighted by Crippen LogP contribution is 2.06. The first-order valence-corrected chi connectivity index (χ1v) is 11.9. The second-order valence-corrected chi connectivity index (χ2v) is 8.59. The molecule has 4 atom stereocenters. The van der Waals surface area contributed by atoms with Crippen molar-refractivity contribution in [1.29, 1.82) is 0 Å². The van der Waals surface area contributed by atoms with Gasteiger partial charge in [0, 0.05) is 25.8 Å². The molecule has 0 aliphatic heterocycles. The molecule has 0 bridgehead atoms. The van der Waals surface area contributed by atoms with Gasteiger partial charge in [-0.1, -0.05) is 0 Å². The molecule has 0 spiro atoms. The van der Waals surface area contributed by atoms with Gasteiger partial charge in [0.1, 0.15) is 18.1 Å². The summed E-state index contributed by atoms with van der Waals surface area (Å²) in [6.07, 6.45) is -1.43. The highest BCUT2D eigenvalue weighted by atomic mass is 16.4. The van der Waals surface area contributed by atoms with Gasteiger partial charge in [0.05, 0.1) is 6.04 Å². The van der Waals surface area contributed by atoms with Crippen LogP contribution in [0.15, 0.2) is 4.99 Å². The third-order valence-corrected chi connectivity index (χ3v) is 5.22. The minimum absolute atomic E-state index is 0.131. The fourth-order valence-corrected chi connectivity index (χ4v) is 3.13. The summed E-state index contributed by atoms with van der Waals surface area (Å²) in [5.41, 5.74) is 31.6. The first kappa shape index (κ1) is 34.5. The molecule has 0 rings (SSSR count). The number of nitrogens with two attached hydrogens (primary N) is 6. The quantitative estimate of drug-likeness (QED) is 0.0382. The smallest absolute Gasteiger partial charge is 0.326 e. The van der Waals surface area contributed by atoms with Gasteiger partial charge in [0.25, 0.3) is 0 Å². The molecular weight excluding hydrogens is 520 g/mol. The Bertz CT molecular complexity index is 938. The number of guanidine groups is 1. The summed E-state index contributed by atoms with van der Waals surface area (Å²) < 4.78 is 0. The minimum Gasteiger partial charge on any atom is -0.480 e. The van der Waals surface area contributed by atoms with Crippen LogP contribution in [0.5, 0.6) is 0 Å². The largest absolute Gasteiger partial charge is 0.480 e. The standard InChI is InChI=1S/C21H38N10O8/c22-10(2-1-9-28-21(26)27)17(35)29-11(3-6-14(23)32)18(36)30-12(4-7-15(24)33)19(37)31-13(20(38)39)5-8-16(25)34/h10-13H,1-9,22H2,(H2,23,32)(H2,24,33)(H2,25,34)(H,29,35)(H,30,36)(H,31,37)(H,38,39)(H4,26,27,28). The van der Waals surface area contributed by atoms with Crippen LogP contribution in [-0.2, 0) is 33.6 Å². The molecule has 4 unspecified atom stereocenters. The molecule has 0 aromatic rings. The topological polar surface area (TPSA) is 344 Å². The number of carbonyl (C=O) groups excluding carboxylic acids is 6. The van der Waals surface area contributed by atoms with Crippen LogP contribution in [0.4, 0.5) is 0 Å². The van der Waals surface area contributed by atoms with E-state index < -0.39 is 65.6 Å². The number of aliphatic imine (C=N–C) groups is 1. The van der Waals surface area contributed by atoms with E-state index in [4.69, 9.17) is 34.4 Å². The second kappa shape index (κ2) is 17.9. The Labute approximate surface area is 224 Å². The maximum atomic E-state index is 13.0. The van der Waals surface area contributed by atoms with E-state index in [1.165, 1.54) is 0 Å². The number of hydrogen-bond donors (Lipinski definition) is 10. The third-order valence-electron chi connectivity index (χ3n) is 5.22. The van der Waals surface area contributed by atoms with Crippen LogP contribution in [-0.4, -0.2) is 83.2 Å². The molecule has 220 valence electrons. The molecule has 0 aliphatic rings. The van der Waals surface area contributed by atoms with E-state index in [1.807, 2.05) is 0 Å². The van der Waals surface area contributed by atoms with Crippen LogP contribution in [0.25, 0.3) is 0 Å². The van der Waals surface area contributed by atoms with Gasteiger partial charge in [0.15, 0.2) is 5.96 Å². The van der Waals surface area contributed by atoms with Crippen molar-refractivity contribution in [1.82, 2.24) is 16.0 Å². The molecule has 0 radical (unpaired) electrons. The maximum absolute atomic E-state index is 13.0. The van der Waals surface area contributed by atoms with Crippen molar-refractivity contribution in [2.24, 2.45) is 39.4 Å². The van der Waals surface area contributed by atoms with Gasteiger partial charge in [-0.2, -0.15) is 0 Å². The Morgan fingerprint density at radius 2 is 1.00 bits per heavy atom. The average molecular weight is 559 g/mol. The predicted octanol–water partition coefficient (Wildman–Crippen LogP) is -5.30. The minimum atomic E-state index is -1.53. The molecule has 6 amide bonds. The van der Waals surface area contributed by atoms with Crippen LogP contribution in [0.1, 0.15) is 51.4 Å². The van der Waals surface area contributed by atoms with Crippen molar-refractivity contribution in [2.45, 2.75) is 75.5 Å². The number of carbonyl (C=O) groups is 7. The third kappa shape index (κ3) is 16.1. The molecule has 16 N–H and O–H groups in total. The van der Waals surface area contributed by atoms with Gasteiger partial charge in [-0.3, -0.25) is 33.8 Å². The van der Waals surface area contributed by atoms with Crippen molar-refractivity contribution in [3.63, 3.8) is 0 Å². The summed E-state index contributed by atoms with van der Waals surface area (Å²) in [5, 5.41) is 16.2. The normalized spacial score (nSPS) is 13.6. The molecule has 0 aromatic carbocycles. The number of carboxylic acid groups (broad SMARTS) is 1. The van der Waals surface area contributed by atoms with Crippen molar-refractivity contribution >= 4 is 47.4 Å². The first-order valence-electron chi connectivity index (χ1n) is 11.9. The van der Waals surface area contributed by atoms with E-state index in [2.05, 4.69) is 20.9 Å². The number of nitrogens with zero attached hydrogens (tertiary/aromatic N) is 1. The van der Waals surface area contributed by atoms with Gasteiger partial charge in [-0.05, 0) is 32.1 Å². The van der Waals surface area contributed by atoms with E-state index in [-0.39, 0.29) is 57.5 Å². The molecule has 0 heterocycles. The van der Waals surface area contributed by atoms with Crippen LogP contribution >= 0.6 is 0 Å². The van der Waals surface area contributed by atoms with Crippen LogP contribution < -0.4 is 50.4 Å². The number of nitrogens with one attached hydrogen (secondary N) is 3. The Morgan fingerprint density at radius 3 is 1.38 bits per heavy atom. The van der Waals surface area contributed by atoms with Crippen molar-refractivity contribution < 1.29 is 38.7 Å². The lowest BCUT2D eigenvalue weighted by Gasteiger charge is -2.25. The Balaban J connectivity index is 5.58. The van der Waals surface area contributed by atoms with Crippen LogP contribution in [0.2, 0.25) is 0 Å². The Morgan fingerprint density at radius 1 is 0.615 bits per heavy atom. The lowest BCUT2D eigenvalue weighted by Crippen LogP contribution is -2.57. The van der Waals surface area contributed by atoms with Crippen LogP contribution in [0.3, 0.4) is 0 Å². The molecule has 18 nitrogen and oxygen atoms in total. The molecule has 0 saturated carbocycles. The van der Waals surface area contributed by atoms with E-state index in [0.717, 1.165) is 0 Å². The van der Waals surface area contributed by atoms with Crippen molar-refractivity contribution in [3.05, 3.63) is 0 Å². The number of hydrogen-bond acceptors (Lipinski definition) is 9. The zero-order chi connectivity index (χ0) is 30.1. The van der Waals surface area contributed by atoms with Crippen LogP contribution in [0, 0.1) is 0 Å². The monoisotopic (exact) mass is 558 g/mol. The lowest BCUT2D eigenvalue weighted by molar-refractivity contribution is -0.142. The van der Waals surface area contributed by atoms with E-state index in [1.54, 1.807) is 0 Å². The van der Waals surface area contributed by atoms with Gasteiger partial charge in [-0.25, -0.2) is 4.79 Å². The fraction of sp³-hybridized carbons (Fsp3) is 0.619. The molecule has 0 aromatic heterocycles. The molecule has 0 saturated heterocycles.